The predicted octanol–water partition coefficient (Wildman–Crippen LogP) is 18.7. The number of anilines is 4. The summed E-state index contributed by atoms with van der Waals surface area (Å²) in [6.45, 7) is 19.0. The first kappa shape index (κ1) is 72.6. The normalized spacial score (nSPS) is 15.6. The van der Waals surface area contributed by atoms with Crippen molar-refractivity contribution in [3.63, 3.8) is 0 Å². The zero-order chi connectivity index (χ0) is 73.4. The van der Waals surface area contributed by atoms with Crippen LogP contribution in [0.2, 0.25) is 5.15 Å². The largest absolute Gasteiger partial charge is 0.495 e. The molecule has 2 saturated carbocycles. The van der Waals surface area contributed by atoms with Crippen LogP contribution in [-0.2, 0) is 29.9 Å². The van der Waals surface area contributed by atoms with E-state index in [9.17, 15) is 29.8 Å². The second-order valence-electron chi connectivity index (χ2n) is 28.6. The Morgan fingerprint density at radius 2 is 0.990 bits per heavy atom. The van der Waals surface area contributed by atoms with E-state index in [1.165, 1.54) is 18.2 Å². The van der Waals surface area contributed by atoms with Crippen LogP contribution in [0.25, 0.3) is 67.9 Å². The number of nitro benzene ring substituents is 2. The molecule has 6 aromatic carbocycles. The number of rotatable bonds is 10. The molecule has 530 valence electrons. The lowest BCUT2D eigenvalue weighted by Crippen LogP contribution is -2.52. The first-order valence-electron chi connectivity index (χ1n) is 33.8. The molecular formula is C77H78BCl3N12O10. The number of pyridine rings is 2. The Hall–Kier alpha value is -10.2. The van der Waals surface area contributed by atoms with E-state index < -0.39 is 62.6 Å². The number of aromatic nitrogens is 6. The highest BCUT2D eigenvalue weighted by Crippen LogP contribution is 2.49. The summed E-state index contributed by atoms with van der Waals surface area (Å²) < 4.78 is 26.9. The van der Waals surface area contributed by atoms with E-state index in [0.717, 1.165) is 118 Å². The number of imidazole rings is 2. The van der Waals surface area contributed by atoms with Gasteiger partial charge in [0.25, 0.3) is 11.4 Å². The minimum atomic E-state index is -0.597. The summed E-state index contributed by atoms with van der Waals surface area (Å²) in [7, 11) is -0.560. The molecule has 26 heteroatoms. The van der Waals surface area contributed by atoms with E-state index in [1.54, 1.807) is 36.7 Å². The maximum Gasteiger partial charge on any atom is 0.495 e. The number of fused-ring (bicyclic) bond motifs is 10. The molecule has 15 rings (SSSR count). The number of alkyl halides is 2. The lowest BCUT2D eigenvalue weighted by atomic mass is 9.71. The molecule has 0 radical (unpaired) electrons. The Balaban J connectivity index is 0.000000154. The van der Waals surface area contributed by atoms with E-state index in [0.29, 0.717) is 33.5 Å². The van der Waals surface area contributed by atoms with Gasteiger partial charge >= 0.3 is 19.3 Å². The molecule has 3 aliphatic heterocycles. The number of alkyl carbamates (subject to hydrolysis) is 2. The molecular weight excluding hydrogens is 1370 g/mol. The Bertz CT molecular complexity index is 4840. The van der Waals surface area contributed by atoms with Gasteiger partial charge in [-0.3, -0.25) is 29.4 Å². The number of para-hydroxylation sites is 2. The Morgan fingerprint density at radius 1 is 0.563 bits per heavy atom. The molecule has 3 fully saturated rings. The van der Waals surface area contributed by atoms with E-state index >= 15 is 0 Å². The number of hydrogen-bond donors (Lipinski definition) is 4. The van der Waals surface area contributed by atoms with Crippen molar-refractivity contribution in [2.75, 3.05) is 16.0 Å². The minimum absolute atomic E-state index is 0.0127. The second kappa shape index (κ2) is 28.9. The first-order valence-corrected chi connectivity index (χ1v) is 35.2. The van der Waals surface area contributed by atoms with Crippen LogP contribution in [-0.4, -0.2) is 86.0 Å². The molecule has 103 heavy (non-hydrogen) atoms. The van der Waals surface area contributed by atoms with E-state index in [-0.39, 0.29) is 16.7 Å². The molecule has 0 spiro atoms. The van der Waals surface area contributed by atoms with Gasteiger partial charge in [-0.05, 0) is 173 Å². The number of nitro groups is 2. The third kappa shape index (κ3) is 15.2. The van der Waals surface area contributed by atoms with Crippen LogP contribution in [0.5, 0.6) is 0 Å². The van der Waals surface area contributed by atoms with Gasteiger partial charge in [-0.2, -0.15) is 0 Å². The zero-order valence-electron chi connectivity index (χ0n) is 58.6. The van der Waals surface area contributed by atoms with Crippen LogP contribution in [0.4, 0.5) is 44.0 Å². The predicted molar refractivity (Wildman–Crippen MR) is 403 cm³/mol. The number of ether oxygens (including phenoxy) is 2. The third-order valence-corrected chi connectivity index (χ3v) is 19.1. The van der Waals surface area contributed by atoms with Crippen LogP contribution in [0.1, 0.15) is 119 Å². The van der Waals surface area contributed by atoms with Gasteiger partial charge in [0.15, 0.2) is 16.8 Å². The summed E-state index contributed by atoms with van der Waals surface area (Å²) in [5.74, 6) is 2.84. The monoisotopic (exact) mass is 1450 g/mol. The van der Waals surface area contributed by atoms with Crippen molar-refractivity contribution in [1.29, 1.82) is 0 Å². The highest BCUT2D eigenvalue weighted by atomic mass is 35.5. The molecule has 1 saturated heterocycles. The molecule has 0 bridgehead atoms. The number of non-ortho nitro benzene ring substituents is 2. The molecule has 4 N–H and O–H groups in total. The summed E-state index contributed by atoms with van der Waals surface area (Å²) in [5, 5.41) is 36.3. The summed E-state index contributed by atoms with van der Waals surface area (Å²) in [6.07, 6.45) is 8.10. The molecule has 0 unspecified atom stereocenters. The number of nitrogens with one attached hydrogen (secondary N) is 4. The second-order valence-corrected chi connectivity index (χ2v) is 29.8. The fourth-order valence-corrected chi connectivity index (χ4v) is 13.3. The van der Waals surface area contributed by atoms with Crippen LogP contribution in [0.15, 0.2) is 182 Å². The molecule has 10 aromatic rings. The van der Waals surface area contributed by atoms with Crippen LogP contribution < -0.4 is 26.7 Å². The van der Waals surface area contributed by atoms with Crippen LogP contribution >= 0.6 is 34.8 Å². The fourth-order valence-electron chi connectivity index (χ4n) is 13.0. The van der Waals surface area contributed by atoms with Gasteiger partial charge in [0.1, 0.15) is 22.9 Å². The van der Waals surface area contributed by atoms with Crippen molar-refractivity contribution in [2.24, 2.45) is 0 Å². The van der Waals surface area contributed by atoms with Crippen molar-refractivity contribution in [2.45, 2.75) is 141 Å². The third-order valence-electron chi connectivity index (χ3n) is 18.9. The molecule has 5 aliphatic rings. The first-order chi connectivity index (χ1) is 49.0. The number of benzene rings is 6. The lowest BCUT2D eigenvalue weighted by molar-refractivity contribution is -0.385. The average Bonchev–Trinajstić information content (AvgIpc) is 1.60. The summed E-state index contributed by atoms with van der Waals surface area (Å²) in [5.41, 5.74) is 9.64. The van der Waals surface area contributed by atoms with Gasteiger partial charge in [-0.1, -0.05) is 109 Å². The Labute approximate surface area is 612 Å². The number of halogens is 3. The smallest absolute Gasteiger partial charge is 0.444 e. The molecule has 2 amide bonds. The van der Waals surface area contributed by atoms with E-state index in [1.807, 2.05) is 184 Å². The van der Waals surface area contributed by atoms with Gasteiger partial charge in [0.05, 0.1) is 77.3 Å². The van der Waals surface area contributed by atoms with Gasteiger partial charge in [0, 0.05) is 64.5 Å². The van der Waals surface area contributed by atoms with Crippen molar-refractivity contribution >= 4 is 94.0 Å². The summed E-state index contributed by atoms with van der Waals surface area (Å²) in [6, 6.07) is 52.9. The number of amides is 2. The van der Waals surface area contributed by atoms with Crippen molar-refractivity contribution in [3.8, 4) is 67.9 Å². The lowest BCUT2D eigenvalue weighted by Gasteiger charge is -2.43. The molecule has 7 heterocycles. The SMILES string of the molecule is CC(C)(C)OC(=O)NC1(c2ccc(-c3c(-c4cccc([N+](=O)[O-])c4)nc4n3-c3cccnc3Nc3ccccc3-4)cc2)CCC1.CC(C)(C)OC(=O)NC1(c2ccc(-c3c(Cl)nc4n3-c3cccnc3Nc3ccccc3-4)cc2)CCC1.CC1(C)OB(c2cccc([N+](=O)[O-])c2)OC1(C)C.ClCCl. The molecule has 0 atom stereocenters. The summed E-state index contributed by atoms with van der Waals surface area (Å²) in [4.78, 5) is 66.2. The summed E-state index contributed by atoms with van der Waals surface area (Å²) >= 11 is 16.3. The molecule has 2 aliphatic carbocycles. The van der Waals surface area contributed by atoms with Gasteiger partial charge in [-0.25, -0.2) is 29.5 Å². The van der Waals surface area contributed by atoms with E-state index in [2.05, 4.69) is 52.5 Å². The van der Waals surface area contributed by atoms with Crippen LogP contribution in [0, 0.1) is 20.2 Å². The quantitative estimate of drug-likeness (QED) is 0.0429. The van der Waals surface area contributed by atoms with E-state index in [4.69, 9.17) is 63.6 Å². The minimum Gasteiger partial charge on any atom is -0.444 e. The highest BCUT2D eigenvalue weighted by Gasteiger charge is 2.52. The van der Waals surface area contributed by atoms with Crippen molar-refractivity contribution in [3.05, 3.63) is 219 Å². The zero-order valence-corrected chi connectivity index (χ0v) is 60.9. The standard InChI is InChI=1S/C35H32N6O4.C29H28ClN5O2.C12H16BNO4.CH2Cl2/c1-34(2,3)45-33(42)39-35(18-8-19-35)24-16-14-22(15-17-24)30-29(23-9-6-10-25(21-23)41(43)44)38-32-26-11-4-5-12-27(26)37-31-28(40(30)32)13-7-20-36-31;1-28(2,3)37-27(36)34-29(15-7-16-29)19-13-11-18(12-14-19)23-24(30)33-26-20-8-4-5-9-21(20)32-25-22(35(23)26)10-6-17-31-25;1-11(2)12(3,4)18-13(17-11)9-6-5-7-10(8-9)14(15)16;2-1-3/h4-7,9-17,20-21H,8,18-19H2,1-3H3,(H,36,37)(H,39,42);4-6,8-14,17H,7,15-16H2,1-3H3,(H,31,32)(H,34,36);5-8H,1-4H3;1H2. The number of hydrogen-bond acceptors (Lipinski definition) is 16. The Morgan fingerprint density at radius 3 is 1.44 bits per heavy atom. The van der Waals surface area contributed by atoms with Gasteiger partial charge in [0.2, 0.25) is 0 Å². The molecule has 4 aromatic heterocycles. The van der Waals surface area contributed by atoms with Crippen LogP contribution in [0.3, 0.4) is 0 Å². The van der Waals surface area contributed by atoms with Gasteiger partial charge in [-0.15, -0.1) is 23.2 Å². The maximum atomic E-state index is 12.8. The Kier molecular flexibility index (Phi) is 20.4. The average molecular weight is 1450 g/mol. The number of carbonyl (C=O) groups excluding carboxylic acids is 2. The van der Waals surface area contributed by atoms with Gasteiger partial charge < -0.3 is 40.0 Å². The van der Waals surface area contributed by atoms with Crippen molar-refractivity contribution in [1.82, 2.24) is 39.7 Å². The van der Waals surface area contributed by atoms with Crippen molar-refractivity contribution < 1.29 is 38.2 Å². The highest BCUT2D eigenvalue weighted by molar-refractivity contribution is 6.62. The number of carbonyl (C=O) groups is 2. The fraction of sp³-hybridized carbons (Fsp3) is 0.299. The molecule has 22 nitrogen and oxygen atoms in total. The number of nitrogens with zero attached hydrogens (tertiary/aromatic N) is 8. The topological polar surface area (TPSA) is 267 Å². The maximum absolute atomic E-state index is 12.8.